The zero-order chi connectivity index (χ0) is 14.4. The summed E-state index contributed by atoms with van der Waals surface area (Å²) in [6.45, 7) is 6.18. The van der Waals surface area contributed by atoms with Gasteiger partial charge < -0.3 is 0 Å². The summed E-state index contributed by atoms with van der Waals surface area (Å²) in [5, 5.41) is 0. The van der Waals surface area contributed by atoms with E-state index in [1.807, 2.05) is 19.1 Å². The second-order valence-electron chi connectivity index (χ2n) is 4.96. The second-order valence-corrected chi connectivity index (χ2v) is 4.96. The van der Waals surface area contributed by atoms with E-state index >= 15 is 0 Å². The number of hydrogen-bond acceptors (Lipinski definition) is 0. The first kappa shape index (κ1) is 14.1. The fourth-order valence-corrected chi connectivity index (χ4v) is 2.05. The van der Waals surface area contributed by atoms with E-state index in [1.165, 1.54) is 22.3 Å². The van der Waals surface area contributed by atoms with Gasteiger partial charge in [-0.25, -0.2) is 0 Å². The van der Waals surface area contributed by atoms with Crippen LogP contribution in [0.15, 0.2) is 65.5 Å². The monoisotopic (exact) mass is 260 g/mol. The zero-order valence-electron chi connectivity index (χ0n) is 12.4. The number of rotatable bonds is 2. The van der Waals surface area contributed by atoms with Gasteiger partial charge in [-0.2, -0.15) is 0 Å². The predicted octanol–water partition coefficient (Wildman–Crippen LogP) is 5.81. The summed E-state index contributed by atoms with van der Waals surface area (Å²) < 4.78 is 0. The molecule has 0 radical (unpaired) electrons. The molecule has 0 heterocycles. The molecule has 0 N–H and O–H groups in total. The van der Waals surface area contributed by atoms with Crippen molar-refractivity contribution >= 4 is 18.2 Å². The van der Waals surface area contributed by atoms with Crippen LogP contribution in [0.1, 0.15) is 37.5 Å². The van der Waals surface area contributed by atoms with Crippen molar-refractivity contribution in [3.63, 3.8) is 0 Å². The Hall–Kier alpha value is -2.30. The molecule has 0 aliphatic heterocycles. The molecule has 1 aliphatic carbocycles. The van der Waals surface area contributed by atoms with E-state index in [0.717, 1.165) is 5.57 Å². The largest absolute Gasteiger partial charge is 0.117 e. The van der Waals surface area contributed by atoms with Gasteiger partial charge in [-0.05, 0) is 55.2 Å². The van der Waals surface area contributed by atoms with Crippen molar-refractivity contribution in [3.05, 3.63) is 82.1 Å². The molecule has 0 spiro atoms. The first-order valence-corrected chi connectivity index (χ1v) is 6.92. The normalized spacial score (nSPS) is 19.1. The molecule has 0 unspecified atom stereocenters. The molecule has 0 saturated heterocycles. The number of hydrogen-bond donors (Lipinski definition) is 0. The topological polar surface area (TPSA) is 0 Å². The fourth-order valence-electron chi connectivity index (χ4n) is 2.05. The molecule has 0 heteroatoms. The van der Waals surface area contributed by atoms with Gasteiger partial charge in [0, 0.05) is 0 Å². The van der Waals surface area contributed by atoms with E-state index in [-0.39, 0.29) is 0 Å². The van der Waals surface area contributed by atoms with E-state index < -0.39 is 0 Å². The van der Waals surface area contributed by atoms with Crippen molar-refractivity contribution in [1.29, 1.82) is 0 Å². The first-order valence-electron chi connectivity index (χ1n) is 6.92. The Morgan fingerprint density at radius 2 is 1.95 bits per heavy atom. The van der Waals surface area contributed by atoms with Gasteiger partial charge in [0.25, 0.3) is 0 Å². The molecule has 1 aromatic carbocycles. The third kappa shape index (κ3) is 3.85. The van der Waals surface area contributed by atoms with Crippen molar-refractivity contribution < 1.29 is 0 Å². The molecule has 0 aromatic heterocycles. The smallest absolute Gasteiger partial charge is 0.00944 e. The van der Waals surface area contributed by atoms with E-state index in [9.17, 15) is 0 Å². The fraction of sp³-hybridized carbons (Fsp3) is 0.150. The third-order valence-electron chi connectivity index (χ3n) is 3.15. The molecule has 0 nitrogen and oxygen atoms in total. The zero-order valence-corrected chi connectivity index (χ0v) is 12.4. The standard InChI is InChI=1S/C20H20/c1-4-6-16(2)9-11-18-12-14-19-8-5-7-17(3)10-13-20(19)15-18/h4-8,10-15H,1-3H3/b6-4-,7-5?,8-5-,13-10-,17-7-,17-10?,19-8?,20-13?. The summed E-state index contributed by atoms with van der Waals surface area (Å²) in [6.07, 6.45) is 16.8. The van der Waals surface area contributed by atoms with Crippen LogP contribution in [0.25, 0.3) is 18.2 Å². The molecule has 0 amide bonds. The summed E-state index contributed by atoms with van der Waals surface area (Å²) in [5.74, 6) is 0. The average molecular weight is 260 g/mol. The van der Waals surface area contributed by atoms with Gasteiger partial charge in [-0.1, -0.05) is 60.2 Å². The predicted molar refractivity (Wildman–Crippen MR) is 90.2 cm³/mol. The van der Waals surface area contributed by atoms with Crippen LogP contribution in [0.4, 0.5) is 0 Å². The van der Waals surface area contributed by atoms with Crippen molar-refractivity contribution in [3.8, 4) is 0 Å². The van der Waals surface area contributed by atoms with Gasteiger partial charge in [0.15, 0.2) is 0 Å². The van der Waals surface area contributed by atoms with E-state index in [0.29, 0.717) is 0 Å². The van der Waals surface area contributed by atoms with Crippen LogP contribution in [0.2, 0.25) is 0 Å². The highest BCUT2D eigenvalue weighted by Gasteiger charge is 1.99. The van der Waals surface area contributed by atoms with E-state index in [2.05, 4.69) is 74.2 Å². The number of allylic oxidation sites excluding steroid dienone is 7. The molecule has 0 fully saturated rings. The van der Waals surface area contributed by atoms with Gasteiger partial charge in [-0.3, -0.25) is 0 Å². The highest BCUT2D eigenvalue weighted by Crippen LogP contribution is 2.19. The lowest BCUT2D eigenvalue weighted by atomic mass is 10.0. The Balaban J connectivity index is 2.38. The average Bonchev–Trinajstić information content (AvgIpc) is 2.42. The lowest BCUT2D eigenvalue weighted by Crippen LogP contribution is -1.84. The Labute approximate surface area is 121 Å². The second kappa shape index (κ2) is 6.75. The Kier molecular flexibility index (Phi) is 4.76. The summed E-state index contributed by atoms with van der Waals surface area (Å²) in [4.78, 5) is 0. The molecule has 100 valence electrons. The highest BCUT2D eigenvalue weighted by molar-refractivity contribution is 5.71. The van der Waals surface area contributed by atoms with Crippen LogP contribution in [-0.2, 0) is 0 Å². The summed E-state index contributed by atoms with van der Waals surface area (Å²) >= 11 is 0. The quantitative estimate of drug-likeness (QED) is 0.465. The Morgan fingerprint density at radius 1 is 1.10 bits per heavy atom. The maximum atomic E-state index is 3.29. The van der Waals surface area contributed by atoms with Crippen LogP contribution in [0, 0.1) is 0 Å². The van der Waals surface area contributed by atoms with Crippen molar-refractivity contribution in [2.45, 2.75) is 20.8 Å². The number of fused-ring (bicyclic) bond motifs is 1. The van der Waals surface area contributed by atoms with Crippen LogP contribution < -0.4 is 0 Å². The molecule has 0 bridgehead atoms. The number of benzene rings is 1. The van der Waals surface area contributed by atoms with Gasteiger partial charge in [0.1, 0.15) is 0 Å². The summed E-state index contributed by atoms with van der Waals surface area (Å²) in [7, 11) is 0. The van der Waals surface area contributed by atoms with E-state index in [4.69, 9.17) is 0 Å². The molecule has 0 atom stereocenters. The summed E-state index contributed by atoms with van der Waals surface area (Å²) in [5.41, 5.74) is 9.35. The lowest BCUT2D eigenvalue weighted by Gasteiger charge is -2.05. The molecular weight excluding hydrogens is 240 g/mol. The van der Waals surface area contributed by atoms with Crippen molar-refractivity contribution in [2.75, 3.05) is 0 Å². The Morgan fingerprint density at radius 3 is 2.75 bits per heavy atom. The van der Waals surface area contributed by atoms with Gasteiger partial charge in [-0.15, -0.1) is 5.73 Å². The van der Waals surface area contributed by atoms with E-state index in [1.54, 1.807) is 0 Å². The maximum Gasteiger partial charge on any atom is -0.00944 e. The Bertz CT molecular complexity index is 670. The molecule has 2 rings (SSSR count). The summed E-state index contributed by atoms with van der Waals surface area (Å²) in [6, 6.07) is 6.49. The van der Waals surface area contributed by atoms with Crippen molar-refractivity contribution in [1.82, 2.24) is 0 Å². The lowest BCUT2D eigenvalue weighted by molar-refractivity contribution is 1.50. The molecule has 0 saturated carbocycles. The maximum absolute atomic E-state index is 3.29. The highest BCUT2D eigenvalue weighted by atomic mass is 14.0. The molecular formula is C20H20. The van der Waals surface area contributed by atoms with Crippen LogP contribution >= 0.6 is 0 Å². The van der Waals surface area contributed by atoms with Gasteiger partial charge >= 0.3 is 0 Å². The van der Waals surface area contributed by atoms with Gasteiger partial charge in [0.2, 0.25) is 0 Å². The molecule has 1 aromatic rings. The third-order valence-corrected chi connectivity index (χ3v) is 3.15. The van der Waals surface area contributed by atoms with Crippen LogP contribution in [-0.4, -0.2) is 0 Å². The van der Waals surface area contributed by atoms with Gasteiger partial charge in [0.05, 0.1) is 0 Å². The minimum Gasteiger partial charge on any atom is -0.117 e. The minimum atomic E-state index is 1.13. The minimum absolute atomic E-state index is 1.13. The van der Waals surface area contributed by atoms with Crippen LogP contribution in [0.5, 0.6) is 0 Å². The van der Waals surface area contributed by atoms with Crippen LogP contribution in [0.3, 0.4) is 0 Å². The SMILES string of the molecule is C/C=C\C(C)=C=Cc1ccc2c(c1)\C=C/C(C)=C\C=C/2. The molecule has 20 heavy (non-hydrogen) atoms. The molecule has 1 aliphatic rings. The first-order chi connectivity index (χ1) is 9.69. The van der Waals surface area contributed by atoms with Crippen molar-refractivity contribution in [2.24, 2.45) is 0 Å².